The van der Waals surface area contributed by atoms with Gasteiger partial charge in [-0.1, -0.05) is 35.3 Å². The Kier molecular flexibility index (Phi) is 3.88. The van der Waals surface area contributed by atoms with Gasteiger partial charge < -0.3 is 0 Å². The molecule has 6 heteroatoms. The first-order valence-corrected chi connectivity index (χ1v) is 7.18. The van der Waals surface area contributed by atoms with E-state index in [1.807, 2.05) is 0 Å². The molecule has 1 heterocycles. The Morgan fingerprint density at radius 3 is 1.95 bits per heavy atom. The van der Waals surface area contributed by atoms with Crippen LogP contribution < -0.4 is 5.43 Å². The number of halogens is 2. The minimum Gasteiger partial charge on any atom is -0.288 e. The number of hydrogen-bond donors (Lipinski definition) is 1. The molecular formula is C16H10Cl2N2O2. The monoisotopic (exact) mass is 332 g/mol. The summed E-state index contributed by atoms with van der Waals surface area (Å²) in [7, 11) is 0. The highest BCUT2D eigenvalue weighted by atomic mass is 35.5. The maximum Gasteiger partial charge on any atom is 0.280 e. The Morgan fingerprint density at radius 1 is 0.818 bits per heavy atom. The van der Waals surface area contributed by atoms with Crippen LogP contribution in [0.15, 0.2) is 54.6 Å². The number of nitrogens with one attached hydrogen (secondary N) is 1. The van der Waals surface area contributed by atoms with Crippen LogP contribution in [0, 0.1) is 0 Å². The molecule has 2 aromatic carbocycles. The number of hydrazine groups is 1. The van der Waals surface area contributed by atoms with E-state index in [4.69, 9.17) is 23.2 Å². The average molecular weight is 333 g/mol. The highest BCUT2D eigenvalue weighted by Gasteiger charge is 2.32. The fourth-order valence-corrected chi connectivity index (χ4v) is 2.32. The fourth-order valence-electron chi connectivity index (χ4n) is 2.07. The molecule has 0 bridgehead atoms. The van der Waals surface area contributed by atoms with E-state index >= 15 is 0 Å². The molecule has 0 saturated carbocycles. The summed E-state index contributed by atoms with van der Waals surface area (Å²) in [6, 6.07) is 13.4. The molecule has 1 N–H and O–H groups in total. The first-order chi connectivity index (χ1) is 10.5. The number of benzene rings is 2. The lowest BCUT2D eigenvalue weighted by molar-refractivity contribution is -0.134. The van der Waals surface area contributed by atoms with Gasteiger partial charge in [0.05, 0.1) is 11.3 Å². The standard InChI is InChI=1S/C16H10Cl2N2O2/c17-11-3-1-10(2-4-11)14-9-15(21)20(16(14)22)19-13-7-5-12(18)6-8-13/h1-9,19H. The van der Waals surface area contributed by atoms with Gasteiger partial charge in [0.25, 0.3) is 11.8 Å². The molecule has 22 heavy (non-hydrogen) atoms. The topological polar surface area (TPSA) is 49.4 Å². The molecule has 2 aromatic rings. The van der Waals surface area contributed by atoms with E-state index in [9.17, 15) is 9.59 Å². The number of amides is 2. The van der Waals surface area contributed by atoms with Gasteiger partial charge in [-0.2, -0.15) is 5.01 Å². The van der Waals surface area contributed by atoms with Crippen molar-refractivity contribution in [3.05, 3.63) is 70.2 Å². The second kappa shape index (κ2) is 5.83. The summed E-state index contributed by atoms with van der Waals surface area (Å²) in [6.07, 6.45) is 1.30. The third-order valence-electron chi connectivity index (χ3n) is 3.16. The Hall–Kier alpha value is -2.30. The summed E-state index contributed by atoms with van der Waals surface area (Å²) in [4.78, 5) is 24.4. The van der Waals surface area contributed by atoms with Crippen molar-refractivity contribution in [1.82, 2.24) is 5.01 Å². The summed E-state index contributed by atoms with van der Waals surface area (Å²) in [6.45, 7) is 0. The second-order valence-electron chi connectivity index (χ2n) is 4.66. The quantitative estimate of drug-likeness (QED) is 0.870. The second-order valence-corrected chi connectivity index (χ2v) is 5.54. The summed E-state index contributed by atoms with van der Waals surface area (Å²) >= 11 is 11.6. The minimum absolute atomic E-state index is 0.322. The van der Waals surface area contributed by atoms with Crippen molar-refractivity contribution in [2.24, 2.45) is 0 Å². The van der Waals surface area contributed by atoms with Crippen LogP contribution >= 0.6 is 23.2 Å². The van der Waals surface area contributed by atoms with Crippen LogP contribution in [-0.2, 0) is 9.59 Å². The van der Waals surface area contributed by atoms with E-state index in [2.05, 4.69) is 5.43 Å². The van der Waals surface area contributed by atoms with E-state index in [1.165, 1.54) is 6.08 Å². The van der Waals surface area contributed by atoms with Gasteiger partial charge in [0, 0.05) is 16.1 Å². The SMILES string of the molecule is O=C1C=C(c2ccc(Cl)cc2)C(=O)N1Nc1ccc(Cl)cc1. The van der Waals surface area contributed by atoms with E-state index in [1.54, 1.807) is 48.5 Å². The van der Waals surface area contributed by atoms with Crippen molar-refractivity contribution in [1.29, 1.82) is 0 Å². The van der Waals surface area contributed by atoms with Crippen LogP contribution in [0.3, 0.4) is 0 Å². The molecule has 1 aliphatic heterocycles. The summed E-state index contributed by atoms with van der Waals surface area (Å²) < 4.78 is 0. The summed E-state index contributed by atoms with van der Waals surface area (Å²) in [5.41, 5.74) is 4.33. The lowest BCUT2D eigenvalue weighted by atomic mass is 10.1. The van der Waals surface area contributed by atoms with E-state index < -0.39 is 11.8 Å². The molecule has 4 nitrogen and oxygen atoms in total. The van der Waals surface area contributed by atoms with Crippen LogP contribution in [0.25, 0.3) is 5.57 Å². The van der Waals surface area contributed by atoms with Gasteiger partial charge in [-0.25, -0.2) is 0 Å². The molecule has 2 amide bonds. The zero-order chi connectivity index (χ0) is 15.7. The van der Waals surface area contributed by atoms with Gasteiger partial charge in [-0.05, 0) is 42.0 Å². The van der Waals surface area contributed by atoms with Gasteiger partial charge in [0.1, 0.15) is 0 Å². The molecule has 0 unspecified atom stereocenters. The molecule has 110 valence electrons. The zero-order valence-corrected chi connectivity index (χ0v) is 12.7. The zero-order valence-electron chi connectivity index (χ0n) is 11.2. The van der Waals surface area contributed by atoms with E-state index in [0.717, 1.165) is 5.01 Å². The lowest BCUT2D eigenvalue weighted by Gasteiger charge is -2.17. The molecule has 0 aliphatic carbocycles. The van der Waals surface area contributed by atoms with Gasteiger partial charge in [-0.3, -0.25) is 15.0 Å². The fraction of sp³-hybridized carbons (Fsp3) is 0. The molecule has 3 rings (SSSR count). The predicted octanol–water partition coefficient (Wildman–Crippen LogP) is 3.77. The average Bonchev–Trinajstić information content (AvgIpc) is 2.78. The number of nitrogens with zero attached hydrogens (tertiary/aromatic N) is 1. The Bertz CT molecular complexity index is 768. The lowest BCUT2D eigenvalue weighted by Crippen LogP contribution is -2.36. The first-order valence-electron chi connectivity index (χ1n) is 6.43. The van der Waals surface area contributed by atoms with Crippen molar-refractivity contribution in [3.8, 4) is 0 Å². The molecule has 0 saturated heterocycles. The smallest absolute Gasteiger partial charge is 0.280 e. The van der Waals surface area contributed by atoms with E-state index in [0.29, 0.717) is 26.9 Å². The van der Waals surface area contributed by atoms with Crippen LogP contribution in [0.5, 0.6) is 0 Å². The number of anilines is 1. The maximum absolute atomic E-state index is 12.4. The molecule has 1 aliphatic rings. The largest absolute Gasteiger partial charge is 0.288 e. The summed E-state index contributed by atoms with van der Waals surface area (Å²) in [5, 5.41) is 2.11. The Labute approximate surface area is 136 Å². The van der Waals surface area contributed by atoms with Crippen molar-refractivity contribution >= 4 is 46.3 Å². The van der Waals surface area contributed by atoms with Gasteiger partial charge in [0.2, 0.25) is 0 Å². The van der Waals surface area contributed by atoms with Crippen LogP contribution in [0.4, 0.5) is 5.69 Å². The van der Waals surface area contributed by atoms with Crippen molar-refractivity contribution in [2.45, 2.75) is 0 Å². The Balaban J connectivity index is 1.82. The highest BCUT2D eigenvalue weighted by molar-refractivity contribution is 6.34. The predicted molar refractivity (Wildman–Crippen MR) is 86.4 cm³/mol. The highest BCUT2D eigenvalue weighted by Crippen LogP contribution is 2.25. The maximum atomic E-state index is 12.4. The third-order valence-corrected chi connectivity index (χ3v) is 3.67. The van der Waals surface area contributed by atoms with Gasteiger partial charge in [-0.15, -0.1) is 0 Å². The van der Waals surface area contributed by atoms with Crippen molar-refractivity contribution in [2.75, 3.05) is 5.43 Å². The minimum atomic E-state index is -0.426. The molecule has 0 aromatic heterocycles. The molecule has 0 fully saturated rings. The van der Waals surface area contributed by atoms with Crippen LogP contribution in [0.2, 0.25) is 10.0 Å². The molecular weight excluding hydrogens is 323 g/mol. The van der Waals surface area contributed by atoms with Crippen molar-refractivity contribution in [3.63, 3.8) is 0 Å². The third kappa shape index (κ3) is 2.84. The van der Waals surface area contributed by atoms with Gasteiger partial charge >= 0.3 is 0 Å². The molecule has 0 radical (unpaired) electrons. The van der Waals surface area contributed by atoms with Crippen molar-refractivity contribution < 1.29 is 9.59 Å². The summed E-state index contributed by atoms with van der Waals surface area (Å²) in [5.74, 6) is -0.841. The molecule has 0 atom stereocenters. The number of carbonyl (C=O) groups is 2. The number of hydrogen-bond acceptors (Lipinski definition) is 3. The normalized spacial score (nSPS) is 14.3. The Morgan fingerprint density at radius 2 is 1.36 bits per heavy atom. The number of imide groups is 1. The van der Waals surface area contributed by atoms with Gasteiger partial charge in [0.15, 0.2) is 0 Å². The van der Waals surface area contributed by atoms with Crippen LogP contribution in [0.1, 0.15) is 5.56 Å². The van der Waals surface area contributed by atoms with E-state index in [-0.39, 0.29) is 0 Å². The number of carbonyl (C=O) groups excluding carboxylic acids is 2. The number of rotatable bonds is 3. The van der Waals surface area contributed by atoms with Crippen LogP contribution in [-0.4, -0.2) is 16.8 Å². The first kappa shape index (κ1) is 14.6. The molecule has 0 spiro atoms.